The number of fused-ring (bicyclic) bond motifs is 2. The van der Waals surface area contributed by atoms with E-state index in [0.29, 0.717) is 0 Å². The van der Waals surface area contributed by atoms with Crippen molar-refractivity contribution in [2.24, 2.45) is 0 Å². The Labute approximate surface area is 253 Å². The lowest BCUT2D eigenvalue weighted by Crippen LogP contribution is -3.00. The summed E-state index contributed by atoms with van der Waals surface area (Å²) < 4.78 is 4.65. The van der Waals surface area contributed by atoms with Crippen molar-refractivity contribution in [3.8, 4) is 0 Å². The summed E-state index contributed by atoms with van der Waals surface area (Å²) in [6, 6.07) is 0. The molecule has 6 heteroatoms. The summed E-state index contributed by atoms with van der Waals surface area (Å²) in [4.78, 5) is 0. The van der Waals surface area contributed by atoms with Gasteiger partial charge in [-0.15, -0.1) is 0 Å². The van der Waals surface area contributed by atoms with Crippen LogP contribution in [0.1, 0.15) is 86.1 Å². The number of hydrogen-bond donors (Lipinski definition) is 2. The highest BCUT2D eigenvalue weighted by Gasteiger charge is 2.45. The monoisotopic (exact) mass is 716 g/mol. The molecule has 200 valence electrons. The number of nitrogens with two attached hydrogens (primary N) is 2. The number of anilines is 2. The lowest BCUT2D eigenvalue weighted by atomic mass is 9.78. The molecule has 0 fully saturated rings. The molecule has 0 atom stereocenters. The van der Waals surface area contributed by atoms with Crippen molar-refractivity contribution in [3.63, 3.8) is 0 Å². The van der Waals surface area contributed by atoms with E-state index in [1.165, 1.54) is 67.3 Å². The van der Waals surface area contributed by atoms with Gasteiger partial charge in [-0.2, -0.15) is 0 Å². The van der Waals surface area contributed by atoms with Gasteiger partial charge in [-0.25, -0.2) is 9.15 Å². The predicted octanol–water partition coefficient (Wildman–Crippen LogP) is 0.448. The molecule has 0 saturated heterocycles. The Hall–Kier alpha value is -1.16. The first-order valence-corrected chi connectivity index (χ1v) is 12.4. The summed E-state index contributed by atoms with van der Waals surface area (Å²) in [5.41, 5.74) is 30.4. The molecule has 0 aromatic heterocycles. The van der Waals surface area contributed by atoms with Crippen LogP contribution < -0.4 is 59.4 Å². The minimum absolute atomic E-state index is 0. The second-order valence-electron chi connectivity index (χ2n) is 11.6. The molecule has 0 aliphatic carbocycles. The Bertz CT molecular complexity index is 1210. The average Bonchev–Trinajstić information content (AvgIpc) is 3.07. The molecule has 2 heterocycles. The molecule has 4 nitrogen and oxygen atoms in total. The Morgan fingerprint density at radius 3 is 0.972 bits per heavy atom. The quantitative estimate of drug-likeness (QED) is 0.237. The smallest absolute Gasteiger partial charge is 0.212 e. The van der Waals surface area contributed by atoms with Gasteiger partial charge in [0.1, 0.15) is 14.1 Å². The number of halogens is 2. The van der Waals surface area contributed by atoms with E-state index in [0.717, 1.165) is 11.4 Å². The van der Waals surface area contributed by atoms with Crippen LogP contribution in [0.5, 0.6) is 0 Å². The van der Waals surface area contributed by atoms with Gasteiger partial charge < -0.3 is 59.4 Å². The fourth-order valence-electron chi connectivity index (χ4n) is 6.23. The van der Waals surface area contributed by atoms with Crippen LogP contribution in [0.2, 0.25) is 0 Å². The van der Waals surface area contributed by atoms with Gasteiger partial charge in [0.15, 0.2) is 11.4 Å². The molecular weight excluding hydrogens is 670 g/mol. The van der Waals surface area contributed by atoms with E-state index in [4.69, 9.17) is 11.5 Å². The summed E-state index contributed by atoms with van der Waals surface area (Å²) in [6.45, 7) is 26.4. The Morgan fingerprint density at radius 2 is 0.722 bits per heavy atom. The van der Waals surface area contributed by atoms with Crippen molar-refractivity contribution in [1.29, 1.82) is 0 Å². The highest BCUT2D eigenvalue weighted by molar-refractivity contribution is 5.96. The van der Waals surface area contributed by atoms with E-state index < -0.39 is 0 Å². The maximum atomic E-state index is 6.24. The number of nitrogens with zero attached hydrogens (tertiary/aromatic N) is 2. The van der Waals surface area contributed by atoms with Crippen LogP contribution in [0.15, 0.2) is 0 Å². The maximum Gasteiger partial charge on any atom is 0.212 e. The Kier molecular flexibility index (Phi) is 9.62. The number of rotatable bonds is 0. The van der Waals surface area contributed by atoms with Gasteiger partial charge in [-0.1, -0.05) is 0 Å². The molecule has 2 aromatic carbocycles. The SMILES string of the molecule is CC1=[N+](C)c2c(C)c(C)c(N)c(C)c2C1(C)C.CC1=[N+](C)c2c(C)c(C)c(N)c(C)c2C1(C)C.[I-].[I-]. The topological polar surface area (TPSA) is 58.1 Å². The first-order chi connectivity index (χ1) is 15.4. The van der Waals surface area contributed by atoms with Crippen LogP contribution in [-0.2, 0) is 10.8 Å². The second kappa shape index (κ2) is 10.5. The van der Waals surface area contributed by atoms with Crippen LogP contribution in [0.25, 0.3) is 0 Å². The number of nitrogen functional groups attached to an aromatic ring is 2. The fourth-order valence-corrected chi connectivity index (χ4v) is 6.23. The third-order valence-electron chi connectivity index (χ3n) is 9.41. The second-order valence-corrected chi connectivity index (χ2v) is 11.6. The number of hydrogen-bond acceptors (Lipinski definition) is 2. The lowest BCUT2D eigenvalue weighted by Gasteiger charge is -2.20. The highest BCUT2D eigenvalue weighted by atomic mass is 127. The summed E-state index contributed by atoms with van der Waals surface area (Å²) in [6.07, 6.45) is 0. The van der Waals surface area contributed by atoms with Crippen molar-refractivity contribution in [2.45, 2.75) is 93.9 Å². The zero-order valence-electron chi connectivity index (χ0n) is 24.8. The molecule has 0 spiro atoms. The largest absolute Gasteiger partial charge is 1.00 e. The van der Waals surface area contributed by atoms with Gasteiger partial charge in [0, 0.05) is 47.5 Å². The standard InChI is InChI=1S/2C15H23N2.2HI/c2*1-8-9(2)14-12(10(3)13(8)16)15(5,6)11(4)17(14)7;;/h2*16H2,1-7H3;2*1H/q2*+1;;/p-2. The zero-order valence-corrected chi connectivity index (χ0v) is 29.1. The van der Waals surface area contributed by atoms with Crippen molar-refractivity contribution in [3.05, 3.63) is 44.5 Å². The fraction of sp³-hybridized carbons (Fsp3) is 0.533. The van der Waals surface area contributed by atoms with E-state index in [9.17, 15) is 0 Å². The molecule has 0 unspecified atom stereocenters. The third-order valence-corrected chi connectivity index (χ3v) is 9.41. The van der Waals surface area contributed by atoms with Gasteiger partial charge in [-0.05, 0) is 91.5 Å². The molecule has 4 rings (SSSR count). The molecule has 4 N–H and O–H groups in total. The maximum absolute atomic E-state index is 6.24. The van der Waals surface area contributed by atoms with Crippen molar-refractivity contribution in [1.82, 2.24) is 0 Å². The summed E-state index contributed by atoms with van der Waals surface area (Å²) in [7, 11) is 4.32. The normalized spacial score (nSPS) is 16.6. The minimum atomic E-state index is 0. The molecular formula is C30H46I2N4. The summed E-state index contributed by atoms with van der Waals surface area (Å²) in [5.74, 6) is 0. The van der Waals surface area contributed by atoms with Gasteiger partial charge in [0.25, 0.3) is 0 Å². The van der Waals surface area contributed by atoms with E-state index in [1.807, 2.05) is 0 Å². The van der Waals surface area contributed by atoms with Crippen molar-refractivity contribution >= 4 is 34.2 Å². The molecule has 0 radical (unpaired) electrons. The van der Waals surface area contributed by atoms with Crippen LogP contribution in [0.4, 0.5) is 22.7 Å². The molecule has 2 aromatic rings. The number of benzene rings is 2. The van der Waals surface area contributed by atoms with Crippen molar-refractivity contribution < 1.29 is 57.1 Å². The van der Waals surface area contributed by atoms with Gasteiger partial charge in [0.05, 0.1) is 10.8 Å². The van der Waals surface area contributed by atoms with E-state index in [-0.39, 0.29) is 58.8 Å². The predicted molar refractivity (Wildman–Crippen MR) is 149 cm³/mol. The highest BCUT2D eigenvalue weighted by Crippen LogP contribution is 2.47. The first-order valence-electron chi connectivity index (χ1n) is 12.4. The molecule has 36 heavy (non-hydrogen) atoms. The molecule has 0 bridgehead atoms. The Morgan fingerprint density at radius 1 is 0.472 bits per heavy atom. The van der Waals surface area contributed by atoms with Gasteiger partial charge in [0.2, 0.25) is 11.4 Å². The van der Waals surface area contributed by atoms with Crippen LogP contribution in [0, 0.1) is 41.5 Å². The van der Waals surface area contributed by atoms with Gasteiger partial charge in [-0.3, -0.25) is 0 Å². The Balaban J connectivity index is 0.000000341. The third kappa shape index (κ3) is 4.41. The van der Waals surface area contributed by atoms with E-state index in [2.05, 4.69) is 106 Å². The van der Waals surface area contributed by atoms with Crippen LogP contribution in [0.3, 0.4) is 0 Å². The summed E-state index contributed by atoms with van der Waals surface area (Å²) >= 11 is 0. The van der Waals surface area contributed by atoms with E-state index >= 15 is 0 Å². The minimum Gasteiger partial charge on any atom is -1.00 e. The van der Waals surface area contributed by atoms with E-state index in [1.54, 1.807) is 0 Å². The first kappa shape index (κ1) is 32.9. The average molecular weight is 717 g/mol. The van der Waals surface area contributed by atoms with Crippen LogP contribution >= 0.6 is 0 Å². The van der Waals surface area contributed by atoms with Gasteiger partial charge >= 0.3 is 0 Å². The molecule has 0 saturated carbocycles. The zero-order chi connectivity index (χ0) is 26.2. The molecule has 0 amide bonds. The van der Waals surface area contributed by atoms with Crippen LogP contribution in [-0.4, -0.2) is 34.7 Å². The van der Waals surface area contributed by atoms with Crippen molar-refractivity contribution in [2.75, 3.05) is 25.6 Å². The summed E-state index contributed by atoms with van der Waals surface area (Å²) in [5, 5.41) is 0. The molecule has 2 aliphatic rings. The molecule has 2 aliphatic heterocycles. The lowest BCUT2D eigenvalue weighted by molar-refractivity contribution is -0.403.